The van der Waals surface area contributed by atoms with Crippen LogP contribution in [0.3, 0.4) is 0 Å². The molecule has 0 spiro atoms. The van der Waals surface area contributed by atoms with Gasteiger partial charge < -0.3 is 9.88 Å². The predicted molar refractivity (Wildman–Crippen MR) is 58.1 cm³/mol. The van der Waals surface area contributed by atoms with Crippen LogP contribution in [0.2, 0.25) is 0 Å². The van der Waals surface area contributed by atoms with E-state index < -0.39 is 0 Å². The Balaban J connectivity index is 1.81. The van der Waals surface area contributed by atoms with Gasteiger partial charge in [-0.15, -0.1) is 11.3 Å². The van der Waals surface area contributed by atoms with E-state index in [1.54, 1.807) is 11.3 Å². The molecule has 0 saturated carbocycles. The average Bonchev–Trinajstić information content (AvgIpc) is 2.78. The number of aromatic nitrogens is 2. The molecule has 0 radical (unpaired) electrons. The van der Waals surface area contributed by atoms with Gasteiger partial charge in [0.2, 0.25) is 0 Å². The van der Waals surface area contributed by atoms with Crippen molar-refractivity contribution in [2.24, 2.45) is 7.05 Å². The second-order valence-corrected chi connectivity index (χ2v) is 4.15. The van der Waals surface area contributed by atoms with Gasteiger partial charge in [-0.1, -0.05) is 0 Å². The van der Waals surface area contributed by atoms with Crippen LogP contribution >= 0.6 is 11.3 Å². The van der Waals surface area contributed by atoms with Gasteiger partial charge in [-0.25, -0.2) is 0 Å². The number of rotatable bonds is 4. The van der Waals surface area contributed by atoms with Gasteiger partial charge in [-0.3, -0.25) is 4.98 Å². The summed E-state index contributed by atoms with van der Waals surface area (Å²) in [4.78, 5) is 5.31. The van der Waals surface area contributed by atoms with E-state index in [4.69, 9.17) is 0 Å². The van der Waals surface area contributed by atoms with Crippen molar-refractivity contribution in [3.05, 3.63) is 40.6 Å². The molecule has 74 valence electrons. The summed E-state index contributed by atoms with van der Waals surface area (Å²) in [6.45, 7) is 1.80. The summed E-state index contributed by atoms with van der Waals surface area (Å²) in [7, 11) is 2.06. The highest BCUT2D eigenvalue weighted by Crippen LogP contribution is 2.05. The number of thiazole rings is 1. The molecule has 2 heterocycles. The Morgan fingerprint density at radius 2 is 2.43 bits per heavy atom. The van der Waals surface area contributed by atoms with E-state index in [-0.39, 0.29) is 0 Å². The number of hydrogen-bond donors (Lipinski definition) is 1. The van der Waals surface area contributed by atoms with Crippen molar-refractivity contribution in [2.45, 2.75) is 13.1 Å². The SMILES string of the molecule is Cn1cccc1CNCc1cncs1. The quantitative estimate of drug-likeness (QED) is 0.828. The van der Waals surface area contributed by atoms with Crippen LogP contribution in [-0.4, -0.2) is 9.55 Å². The molecule has 0 aliphatic heterocycles. The van der Waals surface area contributed by atoms with Gasteiger partial charge in [0.15, 0.2) is 0 Å². The van der Waals surface area contributed by atoms with Gasteiger partial charge in [-0.2, -0.15) is 0 Å². The Morgan fingerprint density at radius 1 is 1.50 bits per heavy atom. The van der Waals surface area contributed by atoms with Crippen LogP contribution in [0.15, 0.2) is 30.0 Å². The molecule has 0 aromatic carbocycles. The molecule has 0 amide bonds. The lowest BCUT2D eigenvalue weighted by molar-refractivity contribution is 0.660. The molecule has 0 bridgehead atoms. The molecule has 14 heavy (non-hydrogen) atoms. The van der Waals surface area contributed by atoms with Crippen LogP contribution in [0.4, 0.5) is 0 Å². The van der Waals surface area contributed by atoms with Gasteiger partial charge in [0, 0.05) is 43.1 Å². The Morgan fingerprint density at radius 3 is 3.07 bits per heavy atom. The van der Waals surface area contributed by atoms with Crippen LogP contribution in [0.1, 0.15) is 10.6 Å². The summed E-state index contributed by atoms with van der Waals surface area (Å²) in [5, 5.41) is 3.38. The zero-order valence-electron chi connectivity index (χ0n) is 8.10. The van der Waals surface area contributed by atoms with Crippen molar-refractivity contribution < 1.29 is 0 Å². The monoisotopic (exact) mass is 207 g/mol. The first-order valence-electron chi connectivity index (χ1n) is 4.54. The maximum Gasteiger partial charge on any atom is 0.0794 e. The molecule has 2 rings (SSSR count). The van der Waals surface area contributed by atoms with Gasteiger partial charge in [0.1, 0.15) is 0 Å². The Kier molecular flexibility index (Phi) is 2.96. The highest BCUT2D eigenvalue weighted by atomic mass is 32.1. The predicted octanol–water partition coefficient (Wildman–Crippen LogP) is 1.77. The zero-order valence-corrected chi connectivity index (χ0v) is 8.92. The molecular weight excluding hydrogens is 194 g/mol. The molecule has 3 nitrogen and oxygen atoms in total. The fourth-order valence-electron chi connectivity index (χ4n) is 1.32. The molecule has 0 unspecified atom stereocenters. The van der Waals surface area contributed by atoms with E-state index in [2.05, 4.69) is 40.2 Å². The molecule has 0 fully saturated rings. The van der Waals surface area contributed by atoms with Crippen molar-refractivity contribution in [2.75, 3.05) is 0 Å². The maximum atomic E-state index is 4.03. The second kappa shape index (κ2) is 4.39. The van der Waals surface area contributed by atoms with Crippen molar-refractivity contribution in [1.82, 2.24) is 14.9 Å². The Hall–Kier alpha value is -1.13. The molecule has 1 N–H and O–H groups in total. The lowest BCUT2D eigenvalue weighted by Crippen LogP contribution is -2.13. The van der Waals surface area contributed by atoms with Gasteiger partial charge in [-0.05, 0) is 12.1 Å². The topological polar surface area (TPSA) is 29.9 Å². The minimum atomic E-state index is 0.899. The Bertz CT molecular complexity index is 378. The highest BCUT2D eigenvalue weighted by molar-refractivity contribution is 7.09. The van der Waals surface area contributed by atoms with E-state index in [1.165, 1.54) is 10.6 Å². The average molecular weight is 207 g/mol. The van der Waals surface area contributed by atoms with Crippen LogP contribution < -0.4 is 5.32 Å². The summed E-state index contributed by atoms with van der Waals surface area (Å²) < 4.78 is 2.12. The first-order valence-corrected chi connectivity index (χ1v) is 5.42. The third-order valence-electron chi connectivity index (χ3n) is 2.14. The summed E-state index contributed by atoms with van der Waals surface area (Å²) in [5.74, 6) is 0. The Labute approximate surface area is 87.4 Å². The van der Waals surface area contributed by atoms with Crippen LogP contribution in [0.25, 0.3) is 0 Å². The first-order chi connectivity index (χ1) is 6.86. The fourth-order valence-corrected chi connectivity index (χ4v) is 1.89. The standard InChI is InChI=1S/C10H13N3S/c1-13-4-2-3-9(13)5-11-6-10-7-12-8-14-10/h2-4,7-8,11H,5-6H2,1H3. The molecular formula is C10H13N3S. The van der Waals surface area contributed by atoms with Gasteiger partial charge >= 0.3 is 0 Å². The summed E-state index contributed by atoms with van der Waals surface area (Å²) in [6.07, 6.45) is 3.96. The van der Waals surface area contributed by atoms with Gasteiger partial charge in [0.25, 0.3) is 0 Å². The number of nitrogens with zero attached hydrogens (tertiary/aromatic N) is 2. The smallest absolute Gasteiger partial charge is 0.0794 e. The summed E-state index contributed by atoms with van der Waals surface area (Å²) in [6, 6.07) is 4.18. The van der Waals surface area contributed by atoms with E-state index in [0.717, 1.165) is 13.1 Å². The first kappa shape index (κ1) is 9.43. The lowest BCUT2D eigenvalue weighted by atomic mass is 10.4. The molecule has 2 aromatic rings. The van der Waals surface area contributed by atoms with E-state index in [0.29, 0.717) is 0 Å². The van der Waals surface area contributed by atoms with Crippen molar-refractivity contribution in [1.29, 1.82) is 0 Å². The number of nitrogens with one attached hydrogen (secondary N) is 1. The lowest BCUT2D eigenvalue weighted by Gasteiger charge is -2.04. The molecule has 0 saturated heterocycles. The second-order valence-electron chi connectivity index (χ2n) is 3.18. The third-order valence-corrected chi connectivity index (χ3v) is 2.92. The van der Waals surface area contributed by atoms with E-state index in [9.17, 15) is 0 Å². The van der Waals surface area contributed by atoms with Crippen LogP contribution in [0.5, 0.6) is 0 Å². The van der Waals surface area contributed by atoms with E-state index in [1.807, 2.05) is 11.7 Å². The van der Waals surface area contributed by atoms with Crippen molar-refractivity contribution >= 4 is 11.3 Å². The molecule has 2 aromatic heterocycles. The molecule has 4 heteroatoms. The van der Waals surface area contributed by atoms with Crippen molar-refractivity contribution in [3.8, 4) is 0 Å². The van der Waals surface area contributed by atoms with Crippen LogP contribution in [-0.2, 0) is 20.1 Å². The normalized spacial score (nSPS) is 10.6. The molecule has 0 atom stereocenters. The third kappa shape index (κ3) is 2.21. The van der Waals surface area contributed by atoms with Crippen molar-refractivity contribution in [3.63, 3.8) is 0 Å². The highest BCUT2D eigenvalue weighted by Gasteiger charge is 1.97. The maximum absolute atomic E-state index is 4.03. The fraction of sp³-hybridized carbons (Fsp3) is 0.300. The largest absolute Gasteiger partial charge is 0.353 e. The minimum absolute atomic E-state index is 0.899. The van der Waals surface area contributed by atoms with Crippen LogP contribution in [0, 0.1) is 0 Å². The summed E-state index contributed by atoms with van der Waals surface area (Å²) >= 11 is 1.68. The minimum Gasteiger partial charge on any atom is -0.353 e. The summed E-state index contributed by atoms with van der Waals surface area (Å²) in [5.41, 5.74) is 3.16. The van der Waals surface area contributed by atoms with Gasteiger partial charge in [0.05, 0.1) is 5.51 Å². The molecule has 0 aliphatic rings. The number of hydrogen-bond acceptors (Lipinski definition) is 3. The molecule has 0 aliphatic carbocycles. The number of aryl methyl sites for hydroxylation is 1. The zero-order chi connectivity index (χ0) is 9.80. The van der Waals surface area contributed by atoms with E-state index >= 15 is 0 Å².